The lowest BCUT2D eigenvalue weighted by Gasteiger charge is -2.55. The van der Waals surface area contributed by atoms with Gasteiger partial charge in [-0.3, -0.25) is 14.6 Å². The average Bonchev–Trinajstić information content (AvgIpc) is 2.69. The molecule has 1 aromatic heterocycles. The zero-order valence-electron chi connectivity index (χ0n) is 16.8. The number of carbonyl (C=O) groups is 2. The molecule has 2 aromatic rings. The smallest absolute Gasteiger partial charge is 0.227 e. The molecule has 1 aliphatic heterocycles. The Morgan fingerprint density at radius 3 is 2.41 bits per heavy atom. The Hall–Kier alpha value is -2.99. The van der Waals surface area contributed by atoms with Crippen LogP contribution >= 0.6 is 0 Å². The van der Waals surface area contributed by atoms with E-state index >= 15 is 0 Å². The Morgan fingerprint density at radius 1 is 1.14 bits per heavy atom. The Labute approximate surface area is 171 Å². The molecule has 2 amide bonds. The molecule has 29 heavy (non-hydrogen) atoms. The maximum absolute atomic E-state index is 13.0. The van der Waals surface area contributed by atoms with Crippen LogP contribution in [0.25, 0.3) is 6.08 Å². The summed E-state index contributed by atoms with van der Waals surface area (Å²) in [6, 6.07) is 11.2. The third-order valence-electron chi connectivity index (χ3n) is 5.36. The van der Waals surface area contributed by atoms with Gasteiger partial charge in [0.15, 0.2) is 0 Å². The molecule has 2 heterocycles. The lowest BCUT2D eigenvalue weighted by atomic mass is 9.74. The van der Waals surface area contributed by atoms with Gasteiger partial charge in [-0.25, -0.2) is 0 Å². The highest BCUT2D eigenvalue weighted by Gasteiger charge is 2.50. The SMILES string of the molecule is C/C=C/c1ccc([C@H]2[C@@H](CNC(C)=O)N(C(=O)Cc3ccncc3)[C@H]2CO)cc1. The molecule has 0 bridgehead atoms. The van der Waals surface area contributed by atoms with Crippen molar-refractivity contribution in [3.8, 4) is 0 Å². The van der Waals surface area contributed by atoms with E-state index in [1.54, 1.807) is 17.3 Å². The van der Waals surface area contributed by atoms with Gasteiger partial charge in [0.05, 0.1) is 25.1 Å². The molecule has 0 aliphatic carbocycles. The van der Waals surface area contributed by atoms with E-state index in [0.717, 1.165) is 16.7 Å². The van der Waals surface area contributed by atoms with Crippen molar-refractivity contribution in [2.45, 2.75) is 38.3 Å². The van der Waals surface area contributed by atoms with Gasteiger partial charge >= 0.3 is 0 Å². The predicted octanol–water partition coefficient (Wildman–Crippen LogP) is 2.15. The summed E-state index contributed by atoms with van der Waals surface area (Å²) in [5.41, 5.74) is 3.03. The van der Waals surface area contributed by atoms with E-state index in [2.05, 4.69) is 10.3 Å². The zero-order chi connectivity index (χ0) is 20.8. The van der Waals surface area contributed by atoms with Crippen LogP contribution in [-0.2, 0) is 16.0 Å². The van der Waals surface area contributed by atoms with E-state index < -0.39 is 0 Å². The molecule has 1 saturated heterocycles. The molecule has 0 unspecified atom stereocenters. The Bertz CT molecular complexity index is 865. The predicted molar refractivity (Wildman–Crippen MR) is 112 cm³/mol. The molecule has 0 radical (unpaired) electrons. The molecular formula is C23H27N3O3. The molecule has 1 fully saturated rings. The van der Waals surface area contributed by atoms with Crippen molar-refractivity contribution >= 4 is 17.9 Å². The van der Waals surface area contributed by atoms with E-state index in [0.29, 0.717) is 6.54 Å². The van der Waals surface area contributed by atoms with Crippen LogP contribution in [0, 0.1) is 0 Å². The number of likely N-dealkylation sites (tertiary alicyclic amines) is 1. The van der Waals surface area contributed by atoms with Crippen molar-refractivity contribution in [2.24, 2.45) is 0 Å². The lowest BCUT2D eigenvalue weighted by molar-refractivity contribution is -0.150. The summed E-state index contributed by atoms with van der Waals surface area (Å²) in [6.45, 7) is 3.67. The molecule has 3 rings (SSSR count). The van der Waals surface area contributed by atoms with E-state index in [4.69, 9.17) is 0 Å². The summed E-state index contributed by atoms with van der Waals surface area (Å²) in [7, 11) is 0. The number of amides is 2. The number of allylic oxidation sites excluding steroid dienone is 1. The number of carbonyl (C=O) groups excluding carboxylic acids is 2. The van der Waals surface area contributed by atoms with Crippen molar-refractivity contribution in [1.82, 2.24) is 15.2 Å². The minimum Gasteiger partial charge on any atom is -0.394 e. The minimum atomic E-state index is -0.310. The van der Waals surface area contributed by atoms with Gasteiger partial charge in [0, 0.05) is 31.8 Å². The monoisotopic (exact) mass is 393 g/mol. The van der Waals surface area contributed by atoms with E-state index in [1.165, 1.54) is 6.92 Å². The molecule has 6 heteroatoms. The third kappa shape index (κ3) is 4.71. The van der Waals surface area contributed by atoms with Crippen LogP contribution in [-0.4, -0.2) is 52.0 Å². The normalized spacial score (nSPS) is 21.1. The quantitative estimate of drug-likeness (QED) is 0.755. The zero-order valence-corrected chi connectivity index (χ0v) is 16.8. The van der Waals surface area contributed by atoms with Gasteiger partial charge in [-0.05, 0) is 35.7 Å². The van der Waals surface area contributed by atoms with Crippen molar-refractivity contribution < 1.29 is 14.7 Å². The first-order valence-electron chi connectivity index (χ1n) is 9.83. The summed E-state index contributed by atoms with van der Waals surface area (Å²) in [5, 5.41) is 12.9. The minimum absolute atomic E-state index is 0.0344. The van der Waals surface area contributed by atoms with Gasteiger partial charge in [0.1, 0.15) is 0 Å². The number of pyridine rings is 1. The van der Waals surface area contributed by atoms with Gasteiger partial charge in [0.25, 0.3) is 0 Å². The number of aliphatic hydroxyl groups excluding tert-OH is 1. The highest BCUT2D eigenvalue weighted by atomic mass is 16.3. The standard InChI is InChI=1S/C23H27N3O3/c1-3-4-17-5-7-19(8-6-17)23-20(14-25-16(2)28)26(21(23)15-27)22(29)13-18-9-11-24-12-10-18/h3-12,20-21,23,27H,13-15H2,1-2H3,(H,25,28)/b4-3+/t20-,21+,23+/m1/s1. The lowest BCUT2D eigenvalue weighted by Crippen LogP contribution is -2.68. The fourth-order valence-electron chi connectivity index (χ4n) is 4.02. The van der Waals surface area contributed by atoms with Crippen LogP contribution in [0.1, 0.15) is 36.5 Å². The van der Waals surface area contributed by atoms with Crippen LogP contribution in [0.15, 0.2) is 54.9 Å². The second kappa shape index (κ2) is 9.47. The number of hydrogen-bond donors (Lipinski definition) is 2. The number of aromatic nitrogens is 1. The average molecular weight is 393 g/mol. The summed E-state index contributed by atoms with van der Waals surface area (Å²) < 4.78 is 0. The summed E-state index contributed by atoms with van der Waals surface area (Å²) in [4.78, 5) is 30.2. The van der Waals surface area contributed by atoms with E-state index in [1.807, 2.05) is 55.5 Å². The molecule has 2 N–H and O–H groups in total. The highest BCUT2D eigenvalue weighted by molar-refractivity contribution is 5.81. The maximum atomic E-state index is 13.0. The first-order valence-corrected chi connectivity index (χ1v) is 9.83. The van der Waals surface area contributed by atoms with Crippen molar-refractivity contribution in [3.05, 3.63) is 71.6 Å². The van der Waals surface area contributed by atoms with Gasteiger partial charge in [-0.1, -0.05) is 36.4 Å². The summed E-state index contributed by atoms with van der Waals surface area (Å²) >= 11 is 0. The Morgan fingerprint density at radius 2 is 1.83 bits per heavy atom. The molecule has 0 spiro atoms. The molecule has 152 valence electrons. The van der Waals surface area contributed by atoms with Crippen LogP contribution in [0.5, 0.6) is 0 Å². The summed E-state index contributed by atoms with van der Waals surface area (Å²) in [6.07, 6.45) is 7.56. The number of nitrogens with one attached hydrogen (secondary N) is 1. The number of hydrogen-bond acceptors (Lipinski definition) is 4. The van der Waals surface area contributed by atoms with Crippen LogP contribution < -0.4 is 5.32 Å². The molecular weight excluding hydrogens is 366 g/mol. The molecule has 1 aromatic carbocycles. The van der Waals surface area contributed by atoms with Gasteiger partial charge in [0.2, 0.25) is 11.8 Å². The second-order valence-electron chi connectivity index (χ2n) is 7.28. The third-order valence-corrected chi connectivity index (χ3v) is 5.36. The Balaban J connectivity index is 1.83. The van der Waals surface area contributed by atoms with Crippen molar-refractivity contribution in [1.29, 1.82) is 0 Å². The number of aliphatic hydroxyl groups is 1. The van der Waals surface area contributed by atoms with Gasteiger partial charge in [-0.2, -0.15) is 0 Å². The first-order chi connectivity index (χ1) is 14.0. The van der Waals surface area contributed by atoms with Crippen molar-refractivity contribution in [2.75, 3.05) is 13.2 Å². The van der Waals surface area contributed by atoms with Crippen molar-refractivity contribution in [3.63, 3.8) is 0 Å². The molecule has 0 saturated carbocycles. The maximum Gasteiger partial charge on any atom is 0.227 e. The van der Waals surface area contributed by atoms with Gasteiger partial charge < -0.3 is 15.3 Å². The highest BCUT2D eigenvalue weighted by Crippen LogP contribution is 2.41. The first kappa shape index (κ1) is 20.7. The largest absolute Gasteiger partial charge is 0.394 e. The molecule has 3 atom stereocenters. The topological polar surface area (TPSA) is 82.5 Å². The number of nitrogens with zero attached hydrogens (tertiary/aromatic N) is 2. The van der Waals surface area contributed by atoms with E-state index in [-0.39, 0.29) is 42.8 Å². The summed E-state index contributed by atoms with van der Waals surface area (Å²) in [5.74, 6) is -0.235. The van der Waals surface area contributed by atoms with E-state index in [9.17, 15) is 14.7 Å². The molecule has 6 nitrogen and oxygen atoms in total. The number of benzene rings is 1. The number of rotatable bonds is 7. The van der Waals surface area contributed by atoms with Crippen LogP contribution in [0.4, 0.5) is 0 Å². The molecule has 1 aliphatic rings. The van der Waals surface area contributed by atoms with Crippen LogP contribution in [0.3, 0.4) is 0 Å². The Kier molecular flexibility index (Phi) is 6.77. The van der Waals surface area contributed by atoms with Crippen LogP contribution in [0.2, 0.25) is 0 Å². The fourth-order valence-corrected chi connectivity index (χ4v) is 4.02. The second-order valence-corrected chi connectivity index (χ2v) is 7.28. The fraction of sp³-hybridized carbons (Fsp3) is 0.348. The van der Waals surface area contributed by atoms with Gasteiger partial charge in [-0.15, -0.1) is 0 Å².